The lowest BCUT2D eigenvalue weighted by Crippen LogP contribution is -2.36. The van der Waals surface area contributed by atoms with E-state index in [0.717, 1.165) is 36.8 Å². The fourth-order valence-electron chi connectivity index (χ4n) is 2.91. The lowest BCUT2D eigenvalue weighted by Gasteiger charge is -2.29. The Morgan fingerprint density at radius 3 is 2.57 bits per heavy atom. The first kappa shape index (κ1) is 15.2. The summed E-state index contributed by atoms with van der Waals surface area (Å²) in [4.78, 5) is 26.7. The molecule has 3 N–H and O–H groups in total. The maximum Gasteiger partial charge on any atom is 0.267 e. The van der Waals surface area contributed by atoms with Gasteiger partial charge in [0.25, 0.3) is 5.91 Å². The number of nitrogens with one attached hydrogen (secondary N) is 1. The van der Waals surface area contributed by atoms with Gasteiger partial charge in [0.05, 0.1) is 0 Å². The van der Waals surface area contributed by atoms with Gasteiger partial charge >= 0.3 is 0 Å². The molecule has 0 bridgehead atoms. The highest BCUT2D eigenvalue weighted by atomic mass is 16.1. The zero-order chi connectivity index (χ0) is 15.4. The van der Waals surface area contributed by atoms with Gasteiger partial charge in [-0.05, 0) is 55.7 Å². The molecule has 1 aromatic heterocycles. The Morgan fingerprint density at radius 1 is 1.38 bits per heavy atom. The highest BCUT2D eigenvalue weighted by molar-refractivity contribution is 5.92. The average Bonchev–Trinajstić information content (AvgIpc) is 2.47. The largest absolute Gasteiger partial charge is 0.364 e. The summed E-state index contributed by atoms with van der Waals surface area (Å²) in [5.41, 5.74) is 7.58. The van der Waals surface area contributed by atoms with Crippen molar-refractivity contribution in [2.45, 2.75) is 44.6 Å². The first-order valence-corrected chi connectivity index (χ1v) is 7.20. The fraction of sp³-hybridized carbons (Fsp3) is 0.438. The van der Waals surface area contributed by atoms with Crippen LogP contribution >= 0.6 is 0 Å². The van der Waals surface area contributed by atoms with Crippen molar-refractivity contribution in [3.63, 3.8) is 0 Å². The van der Waals surface area contributed by atoms with Crippen molar-refractivity contribution >= 4 is 11.8 Å². The van der Waals surface area contributed by atoms with E-state index in [9.17, 15) is 9.59 Å². The molecule has 0 aliphatic heterocycles. The Morgan fingerprint density at radius 2 is 2.05 bits per heavy atom. The molecular formula is C16H21N3O2. The number of hydrogen-bond donors (Lipinski definition) is 2. The summed E-state index contributed by atoms with van der Waals surface area (Å²) in [5.74, 6) is -0.174. The minimum Gasteiger partial charge on any atom is -0.364 e. The molecule has 0 saturated heterocycles. The van der Waals surface area contributed by atoms with Gasteiger partial charge in [0.1, 0.15) is 5.69 Å². The van der Waals surface area contributed by atoms with Gasteiger partial charge in [-0.1, -0.05) is 12.6 Å². The number of aryl methyl sites for hydroxylation is 1. The van der Waals surface area contributed by atoms with E-state index in [4.69, 9.17) is 5.73 Å². The Bertz CT molecular complexity index is 561. The second-order valence-electron chi connectivity index (χ2n) is 5.56. The van der Waals surface area contributed by atoms with Crippen molar-refractivity contribution in [3.05, 3.63) is 41.7 Å². The van der Waals surface area contributed by atoms with Gasteiger partial charge in [-0.2, -0.15) is 0 Å². The van der Waals surface area contributed by atoms with Gasteiger partial charge in [0, 0.05) is 12.2 Å². The molecule has 1 saturated carbocycles. The molecular weight excluding hydrogens is 266 g/mol. The van der Waals surface area contributed by atoms with Crippen LogP contribution in [0.15, 0.2) is 24.9 Å². The number of pyridine rings is 1. The maximum absolute atomic E-state index is 11.3. The third-order valence-electron chi connectivity index (χ3n) is 4.06. The Kier molecular flexibility index (Phi) is 4.73. The summed E-state index contributed by atoms with van der Waals surface area (Å²) in [7, 11) is 0. The van der Waals surface area contributed by atoms with E-state index in [2.05, 4.69) is 16.9 Å². The topological polar surface area (TPSA) is 85.1 Å². The van der Waals surface area contributed by atoms with E-state index in [0.29, 0.717) is 11.6 Å². The molecule has 0 spiro atoms. The van der Waals surface area contributed by atoms with Gasteiger partial charge < -0.3 is 11.1 Å². The summed E-state index contributed by atoms with van der Waals surface area (Å²) in [6.45, 7) is 5.32. The zero-order valence-electron chi connectivity index (χ0n) is 12.3. The van der Waals surface area contributed by atoms with E-state index in [1.165, 1.54) is 6.08 Å². The molecule has 0 aromatic carbocycles. The number of hydrogen-bond acceptors (Lipinski definition) is 3. The highest BCUT2D eigenvalue weighted by Crippen LogP contribution is 2.33. The number of amides is 2. The van der Waals surface area contributed by atoms with Crippen molar-refractivity contribution < 1.29 is 9.59 Å². The van der Waals surface area contributed by atoms with Gasteiger partial charge in [0.2, 0.25) is 5.91 Å². The third kappa shape index (κ3) is 3.68. The molecule has 0 unspecified atom stereocenters. The number of primary amides is 1. The quantitative estimate of drug-likeness (QED) is 0.828. The number of aromatic nitrogens is 1. The molecule has 1 heterocycles. The first-order valence-electron chi connectivity index (χ1n) is 7.20. The standard InChI is InChI=1S/C16H21N3O2/c1-3-14(20)19-13-6-4-11(5-7-13)12-8-10(2)15(16(17)21)18-9-12/h3,8-9,11,13H,1,4-7H2,2H3,(H2,17,21)(H,19,20). The third-order valence-corrected chi connectivity index (χ3v) is 4.06. The zero-order valence-corrected chi connectivity index (χ0v) is 12.3. The van der Waals surface area contributed by atoms with Crippen LogP contribution in [0.3, 0.4) is 0 Å². The minimum absolute atomic E-state index is 0.109. The van der Waals surface area contributed by atoms with E-state index >= 15 is 0 Å². The van der Waals surface area contributed by atoms with Crippen molar-refractivity contribution in [2.24, 2.45) is 5.73 Å². The Labute approximate surface area is 124 Å². The summed E-state index contributed by atoms with van der Waals surface area (Å²) >= 11 is 0. The summed E-state index contributed by atoms with van der Waals surface area (Å²) < 4.78 is 0. The van der Waals surface area contributed by atoms with Crippen LogP contribution in [0.5, 0.6) is 0 Å². The molecule has 5 nitrogen and oxygen atoms in total. The highest BCUT2D eigenvalue weighted by Gasteiger charge is 2.23. The number of carbonyl (C=O) groups excluding carboxylic acids is 2. The SMILES string of the molecule is C=CC(=O)NC1CCC(c2cnc(C(N)=O)c(C)c2)CC1. The second kappa shape index (κ2) is 6.52. The molecule has 2 amide bonds. The van der Waals surface area contributed by atoms with Crippen LogP contribution in [-0.4, -0.2) is 22.8 Å². The number of nitrogens with zero attached hydrogens (tertiary/aromatic N) is 1. The fourth-order valence-corrected chi connectivity index (χ4v) is 2.91. The normalized spacial score (nSPS) is 21.6. The Balaban J connectivity index is 1.99. The van der Waals surface area contributed by atoms with Gasteiger partial charge in [0.15, 0.2) is 0 Å². The van der Waals surface area contributed by atoms with Gasteiger partial charge in [-0.25, -0.2) is 0 Å². The van der Waals surface area contributed by atoms with Crippen LogP contribution in [0, 0.1) is 6.92 Å². The van der Waals surface area contributed by atoms with Crippen molar-refractivity contribution in [1.29, 1.82) is 0 Å². The molecule has 5 heteroatoms. The molecule has 1 fully saturated rings. The maximum atomic E-state index is 11.3. The molecule has 1 aromatic rings. The smallest absolute Gasteiger partial charge is 0.267 e. The van der Waals surface area contributed by atoms with Gasteiger partial charge in [-0.3, -0.25) is 14.6 Å². The predicted octanol–water partition coefficient (Wildman–Crippen LogP) is 1.82. The van der Waals surface area contributed by atoms with Crippen LogP contribution in [0.2, 0.25) is 0 Å². The molecule has 0 atom stereocenters. The average molecular weight is 287 g/mol. The second-order valence-corrected chi connectivity index (χ2v) is 5.56. The molecule has 1 aliphatic carbocycles. The van der Waals surface area contributed by atoms with E-state index < -0.39 is 5.91 Å². The summed E-state index contributed by atoms with van der Waals surface area (Å²) in [6, 6.07) is 2.23. The summed E-state index contributed by atoms with van der Waals surface area (Å²) in [5, 5.41) is 2.94. The first-order chi connectivity index (χ1) is 10.0. The lowest BCUT2D eigenvalue weighted by atomic mass is 9.82. The van der Waals surface area contributed by atoms with Crippen LogP contribution in [0.1, 0.15) is 53.2 Å². The van der Waals surface area contributed by atoms with E-state index in [-0.39, 0.29) is 11.9 Å². The van der Waals surface area contributed by atoms with Crippen molar-refractivity contribution in [1.82, 2.24) is 10.3 Å². The monoisotopic (exact) mass is 287 g/mol. The van der Waals surface area contributed by atoms with Crippen LogP contribution in [0.4, 0.5) is 0 Å². The predicted molar refractivity (Wildman–Crippen MR) is 80.8 cm³/mol. The van der Waals surface area contributed by atoms with Crippen LogP contribution < -0.4 is 11.1 Å². The van der Waals surface area contributed by atoms with E-state index in [1.54, 1.807) is 6.20 Å². The molecule has 112 valence electrons. The van der Waals surface area contributed by atoms with Gasteiger partial charge in [-0.15, -0.1) is 0 Å². The lowest BCUT2D eigenvalue weighted by molar-refractivity contribution is -0.117. The van der Waals surface area contributed by atoms with Crippen LogP contribution in [-0.2, 0) is 4.79 Å². The molecule has 2 rings (SSSR count). The molecule has 1 aliphatic rings. The van der Waals surface area contributed by atoms with Crippen molar-refractivity contribution in [2.75, 3.05) is 0 Å². The number of nitrogens with two attached hydrogens (primary N) is 1. The summed E-state index contributed by atoms with van der Waals surface area (Å²) in [6.07, 6.45) is 6.95. The minimum atomic E-state index is -0.491. The number of rotatable bonds is 4. The van der Waals surface area contributed by atoms with Crippen LogP contribution in [0.25, 0.3) is 0 Å². The Hall–Kier alpha value is -2.17. The van der Waals surface area contributed by atoms with E-state index in [1.807, 2.05) is 13.0 Å². The van der Waals surface area contributed by atoms with Crippen molar-refractivity contribution in [3.8, 4) is 0 Å². The molecule has 0 radical (unpaired) electrons. The molecule has 21 heavy (non-hydrogen) atoms. The number of carbonyl (C=O) groups is 2.